The Kier molecular flexibility index (Phi) is 8.85. The Morgan fingerprint density at radius 2 is 1.78 bits per heavy atom. The van der Waals surface area contributed by atoms with Crippen LogP contribution < -0.4 is 0 Å². The average molecular weight is 135 g/mol. The van der Waals surface area contributed by atoms with Crippen molar-refractivity contribution in [2.75, 3.05) is 0 Å². The van der Waals surface area contributed by atoms with Crippen molar-refractivity contribution in [3.05, 3.63) is 10.1 Å². The van der Waals surface area contributed by atoms with E-state index in [0.717, 1.165) is 5.92 Å². The van der Waals surface area contributed by atoms with Crippen LogP contribution in [0.3, 0.4) is 0 Å². The van der Waals surface area contributed by atoms with E-state index in [1.807, 2.05) is 0 Å². The van der Waals surface area contributed by atoms with Gasteiger partial charge >= 0.3 is 0 Å². The fraction of sp³-hybridized carbons (Fsp3) is 1.00. The zero-order valence-corrected chi connectivity index (χ0v) is 6.00. The molecule has 0 aliphatic rings. The van der Waals surface area contributed by atoms with Gasteiger partial charge in [-0.2, -0.15) is 0 Å². The molecule has 0 radical (unpaired) electrons. The van der Waals surface area contributed by atoms with Crippen LogP contribution in [0.25, 0.3) is 0 Å². The molecule has 0 heterocycles. The molecular weight excluding hydrogens is 122 g/mol. The largest absolute Gasteiger partial charge is 0.328 e. The number of rotatable bonds is 1. The summed E-state index contributed by atoms with van der Waals surface area (Å²) in [5.74, 6) is 0.884. The molecule has 9 heavy (non-hydrogen) atoms. The fourth-order valence-corrected chi connectivity index (χ4v) is 0. The van der Waals surface area contributed by atoms with Gasteiger partial charge in [0.05, 0.1) is 0 Å². The third-order valence-electron chi connectivity index (χ3n) is 0.816. The van der Waals surface area contributed by atoms with Crippen LogP contribution in [0.5, 0.6) is 0 Å². The highest BCUT2D eigenvalue weighted by atomic mass is 16.9. The Balaban J connectivity index is 0. The molecule has 0 aromatic carbocycles. The average Bonchev–Trinajstić information content (AvgIpc) is 1.65. The summed E-state index contributed by atoms with van der Waals surface area (Å²) < 4.78 is 0. The molecule has 0 saturated heterocycles. The zero-order valence-electron chi connectivity index (χ0n) is 6.00. The Bertz CT molecular complexity index is 68.6. The predicted molar refractivity (Wildman–Crippen MR) is 33.9 cm³/mol. The second kappa shape index (κ2) is 7.20. The second-order valence-electron chi connectivity index (χ2n) is 2.04. The second-order valence-corrected chi connectivity index (χ2v) is 2.04. The summed E-state index contributed by atoms with van der Waals surface area (Å²) >= 11 is 0. The molecule has 1 N–H and O–H groups in total. The molecule has 0 aliphatic carbocycles. The van der Waals surface area contributed by atoms with Crippen molar-refractivity contribution >= 4 is 0 Å². The number of hydrogen-bond donors (Lipinski definition) is 1. The molecule has 0 saturated carbocycles. The lowest BCUT2D eigenvalue weighted by atomic mass is 10.2. The van der Waals surface area contributed by atoms with E-state index in [-0.39, 0.29) is 0 Å². The van der Waals surface area contributed by atoms with E-state index < -0.39 is 5.09 Å². The molecule has 0 rings (SSSR count). The van der Waals surface area contributed by atoms with Crippen molar-refractivity contribution in [3.8, 4) is 0 Å². The van der Waals surface area contributed by atoms with E-state index in [1.54, 1.807) is 0 Å². The highest BCUT2D eigenvalue weighted by molar-refractivity contribution is 4.32. The van der Waals surface area contributed by atoms with E-state index in [4.69, 9.17) is 15.3 Å². The molecule has 0 atom stereocenters. The minimum absolute atomic E-state index is 0.884. The van der Waals surface area contributed by atoms with Gasteiger partial charge < -0.3 is 5.21 Å². The lowest BCUT2D eigenvalue weighted by Crippen LogP contribution is -1.81. The summed E-state index contributed by atoms with van der Waals surface area (Å²) in [4.78, 5) is 8.36. The maximum absolute atomic E-state index is 8.36. The summed E-state index contributed by atoms with van der Waals surface area (Å²) in [7, 11) is 0. The smallest absolute Gasteiger partial charge is 0.291 e. The maximum Gasteiger partial charge on any atom is 0.291 e. The monoisotopic (exact) mass is 135 g/mol. The molecule has 0 unspecified atom stereocenters. The molecule has 0 amide bonds. The molecule has 0 fully saturated rings. The zero-order chi connectivity index (χ0) is 7.86. The first kappa shape index (κ1) is 11.1. The highest BCUT2D eigenvalue weighted by Gasteiger charge is 1.80. The van der Waals surface area contributed by atoms with Gasteiger partial charge in [0, 0.05) is 0 Å². The van der Waals surface area contributed by atoms with Crippen LogP contribution in [0.15, 0.2) is 0 Å². The quantitative estimate of drug-likeness (QED) is 0.439. The highest BCUT2D eigenvalue weighted by Crippen LogP contribution is 1.93. The first-order valence-electron chi connectivity index (χ1n) is 2.84. The molecule has 0 aliphatic heterocycles. The van der Waals surface area contributed by atoms with Gasteiger partial charge in [0.2, 0.25) is 0 Å². The third kappa shape index (κ3) is 135. The van der Waals surface area contributed by atoms with Gasteiger partial charge in [-0.3, -0.25) is 0 Å². The Labute approximate surface area is 54.6 Å². The first-order valence-corrected chi connectivity index (χ1v) is 2.84. The lowest BCUT2D eigenvalue weighted by Gasteiger charge is -1.90. The first-order chi connectivity index (χ1) is 4.00. The summed E-state index contributed by atoms with van der Waals surface area (Å²) in [6, 6.07) is 0. The number of nitrogens with zero attached hydrogens (tertiary/aromatic N) is 1. The van der Waals surface area contributed by atoms with Gasteiger partial charge in [-0.05, 0) is 5.92 Å². The molecule has 0 bridgehead atoms. The SMILES string of the molecule is CCC(C)C.O=[N+]([O-])O. The van der Waals surface area contributed by atoms with Crippen LogP contribution in [-0.4, -0.2) is 10.3 Å². The molecular formula is C5H13NO3. The minimum Gasteiger partial charge on any atom is -0.328 e. The summed E-state index contributed by atoms with van der Waals surface area (Å²) in [5.41, 5.74) is 0. The Morgan fingerprint density at radius 1 is 1.67 bits per heavy atom. The van der Waals surface area contributed by atoms with Crippen molar-refractivity contribution in [1.82, 2.24) is 0 Å². The standard InChI is InChI=1S/C5H12.HNO3/c1-4-5(2)3;2-1(3)4/h5H,4H2,1-3H3;(H,2,3,4). The van der Waals surface area contributed by atoms with Crippen molar-refractivity contribution in [1.29, 1.82) is 0 Å². The van der Waals surface area contributed by atoms with Crippen molar-refractivity contribution < 1.29 is 10.3 Å². The maximum atomic E-state index is 8.36. The van der Waals surface area contributed by atoms with Crippen molar-refractivity contribution in [2.45, 2.75) is 27.2 Å². The van der Waals surface area contributed by atoms with Gasteiger partial charge in [0.25, 0.3) is 5.09 Å². The Morgan fingerprint density at radius 3 is 1.78 bits per heavy atom. The van der Waals surface area contributed by atoms with E-state index >= 15 is 0 Å². The van der Waals surface area contributed by atoms with Gasteiger partial charge in [-0.25, -0.2) is 0 Å². The summed E-state index contributed by atoms with van der Waals surface area (Å²) in [5, 5.41) is 13.6. The lowest BCUT2D eigenvalue weighted by molar-refractivity contribution is -0.742. The molecule has 0 spiro atoms. The molecule has 0 aromatic rings. The summed E-state index contributed by atoms with van der Waals surface area (Å²) in [6.45, 7) is 6.64. The summed E-state index contributed by atoms with van der Waals surface area (Å²) in [6.07, 6.45) is 1.31. The fourth-order valence-electron chi connectivity index (χ4n) is 0. The van der Waals surface area contributed by atoms with Crippen LogP contribution in [-0.2, 0) is 0 Å². The predicted octanol–water partition coefficient (Wildman–Crippen LogP) is 1.70. The molecule has 0 aromatic heterocycles. The topological polar surface area (TPSA) is 63.4 Å². The van der Waals surface area contributed by atoms with Crippen LogP contribution in [0.4, 0.5) is 0 Å². The van der Waals surface area contributed by atoms with Gasteiger partial charge in [0.1, 0.15) is 0 Å². The van der Waals surface area contributed by atoms with E-state index in [1.165, 1.54) is 6.42 Å². The Hall–Kier alpha value is -0.800. The van der Waals surface area contributed by atoms with Crippen molar-refractivity contribution in [3.63, 3.8) is 0 Å². The van der Waals surface area contributed by atoms with Gasteiger partial charge in [0.15, 0.2) is 0 Å². The molecule has 4 heteroatoms. The van der Waals surface area contributed by atoms with Crippen LogP contribution in [0.2, 0.25) is 0 Å². The van der Waals surface area contributed by atoms with E-state index in [2.05, 4.69) is 20.8 Å². The van der Waals surface area contributed by atoms with E-state index in [0.29, 0.717) is 0 Å². The van der Waals surface area contributed by atoms with Gasteiger partial charge in [-0.15, -0.1) is 10.1 Å². The van der Waals surface area contributed by atoms with Crippen LogP contribution in [0.1, 0.15) is 27.2 Å². The van der Waals surface area contributed by atoms with E-state index in [9.17, 15) is 0 Å². The van der Waals surface area contributed by atoms with Crippen LogP contribution >= 0.6 is 0 Å². The molecule has 4 nitrogen and oxygen atoms in total. The third-order valence-corrected chi connectivity index (χ3v) is 0.816. The van der Waals surface area contributed by atoms with Gasteiger partial charge in [-0.1, -0.05) is 27.2 Å². The van der Waals surface area contributed by atoms with Crippen LogP contribution in [0, 0.1) is 16.0 Å². The molecule has 56 valence electrons. The minimum atomic E-state index is -1.50. The number of hydrogen-bond acceptors (Lipinski definition) is 2. The normalized spacial score (nSPS) is 8.00. The van der Waals surface area contributed by atoms with Crippen molar-refractivity contribution in [2.24, 2.45) is 5.92 Å².